The minimum absolute atomic E-state index is 0.0106. The van der Waals surface area contributed by atoms with Crippen molar-refractivity contribution in [1.29, 1.82) is 0 Å². The number of benzene rings is 2. The van der Waals surface area contributed by atoms with E-state index in [9.17, 15) is 4.79 Å². The third-order valence-corrected chi connectivity index (χ3v) is 4.87. The lowest BCUT2D eigenvalue weighted by Gasteiger charge is -2.37. The van der Waals surface area contributed by atoms with Crippen molar-refractivity contribution in [3.05, 3.63) is 83.2 Å². The molecule has 0 bridgehead atoms. The second kappa shape index (κ2) is 7.04. The standard InChI is InChI=1S/C21H20N2O3/c1-25-19-8-7-16-12-20(15-5-3-2-4-6-15)23(14-17(16)11-19)21(24)13-18-9-10-26-22-18/h2-11,20H,12-14H2,1H3. The summed E-state index contributed by atoms with van der Waals surface area (Å²) in [6.45, 7) is 0.558. The number of carbonyl (C=O) groups is 1. The van der Waals surface area contributed by atoms with E-state index in [4.69, 9.17) is 9.26 Å². The molecule has 3 aromatic rings. The molecule has 1 aromatic heterocycles. The molecule has 0 fully saturated rings. The molecule has 1 unspecified atom stereocenters. The average Bonchev–Trinajstić information content (AvgIpc) is 3.20. The highest BCUT2D eigenvalue weighted by Gasteiger charge is 2.31. The lowest BCUT2D eigenvalue weighted by atomic mass is 9.89. The van der Waals surface area contributed by atoms with E-state index in [1.54, 1.807) is 13.2 Å². The molecule has 0 aliphatic carbocycles. The van der Waals surface area contributed by atoms with Crippen molar-refractivity contribution in [2.75, 3.05) is 7.11 Å². The van der Waals surface area contributed by atoms with Gasteiger partial charge in [-0.1, -0.05) is 41.6 Å². The fourth-order valence-corrected chi connectivity index (χ4v) is 3.51. The van der Waals surface area contributed by atoms with Crippen LogP contribution in [-0.2, 0) is 24.2 Å². The molecule has 132 valence electrons. The summed E-state index contributed by atoms with van der Waals surface area (Å²) >= 11 is 0. The molecule has 1 aliphatic rings. The highest BCUT2D eigenvalue weighted by molar-refractivity contribution is 5.79. The summed E-state index contributed by atoms with van der Waals surface area (Å²) < 4.78 is 10.2. The molecule has 0 radical (unpaired) electrons. The topological polar surface area (TPSA) is 55.6 Å². The lowest BCUT2D eigenvalue weighted by molar-refractivity contribution is -0.134. The molecule has 0 spiro atoms. The molecule has 0 saturated carbocycles. The monoisotopic (exact) mass is 348 g/mol. The SMILES string of the molecule is COc1ccc2c(c1)CN(C(=O)Cc1ccon1)C(c1ccccc1)C2. The molecule has 1 aliphatic heterocycles. The molecule has 1 amide bonds. The zero-order chi connectivity index (χ0) is 17.9. The van der Waals surface area contributed by atoms with Crippen LogP contribution in [0.3, 0.4) is 0 Å². The summed E-state index contributed by atoms with van der Waals surface area (Å²) in [6, 6.07) is 18.0. The molecule has 4 rings (SSSR count). The van der Waals surface area contributed by atoms with Crippen LogP contribution in [0.4, 0.5) is 0 Å². The van der Waals surface area contributed by atoms with Gasteiger partial charge in [-0.15, -0.1) is 0 Å². The number of fused-ring (bicyclic) bond motifs is 1. The van der Waals surface area contributed by atoms with Crippen LogP contribution in [-0.4, -0.2) is 23.1 Å². The number of nitrogens with zero attached hydrogens (tertiary/aromatic N) is 2. The van der Waals surface area contributed by atoms with Gasteiger partial charge in [0.2, 0.25) is 5.91 Å². The van der Waals surface area contributed by atoms with Gasteiger partial charge >= 0.3 is 0 Å². The highest BCUT2D eigenvalue weighted by Crippen LogP contribution is 2.35. The second-order valence-electron chi connectivity index (χ2n) is 6.45. The summed E-state index contributed by atoms with van der Waals surface area (Å²) in [5.74, 6) is 0.854. The molecule has 2 heterocycles. The van der Waals surface area contributed by atoms with Gasteiger partial charge in [0.1, 0.15) is 12.0 Å². The van der Waals surface area contributed by atoms with Crippen LogP contribution in [0.25, 0.3) is 0 Å². The van der Waals surface area contributed by atoms with Crippen molar-refractivity contribution < 1.29 is 14.1 Å². The summed E-state index contributed by atoms with van der Waals surface area (Å²) in [5.41, 5.74) is 4.18. The van der Waals surface area contributed by atoms with Gasteiger partial charge in [0.05, 0.1) is 25.3 Å². The van der Waals surface area contributed by atoms with Crippen molar-refractivity contribution >= 4 is 5.91 Å². The minimum atomic E-state index is 0.0106. The molecular weight excluding hydrogens is 328 g/mol. The molecule has 5 heteroatoms. The van der Waals surface area contributed by atoms with E-state index in [1.165, 1.54) is 11.8 Å². The third-order valence-electron chi connectivity index (χ3n) is 4.87. The number of hydrogen-bond donors (Lipinski definition) is 0. The number of carbonyl (C=O) groups excluding carboxylic acids is 1. The zero-order valence-corrected chi connectivity index (χ0v) is 14.6. The molecule has 0 saturated heterocycles. The van der Waals surface area contributed by atoms with Crippen molar-refractivity contribution in [3.8, 4) is 5.75 Å². The first-order valence-corrected chi connectivity index (χ1v) is 8.64. The minimum Gasteiger partial charge on any atom is -0.497 e. The quantitative estimate of drug-likeness (QED) is 0.723. The van der Waals surface area contributed by atoms with Crippen molar-refractivity contribution in [2.45, 2.75) is 25.4 Å². The van der Waals surface area contributed by atoms with E-state index in [2.05, 4.69) is 23.4 Å². The summed E-state index contributed by atoms with van der Waals surface area (Å²) in [6.07, 6.45) is 2.51. The maximum atomic E-state index is 13.0. The smallest absolute Gasteiger partial charge is 0.229 e. The Morgan fingerprint density at radius 1 is 1.19 bits per heavy atom. The fraction of sp³-hybridized carbons (Fsp3) is 0.238. The van der Waals surface area contributed by atoms with Crippen LogP contribution in [0.15, 0.2) is 65.4 Å². The van der Waals surface area contributed by atoms with Gasteiger partial charge in [-0.25, -0.2) is 0 Å². The Balaban J connectivity index is 1.68. The maximum Gasteiger partial charge on any atom is 0.229 e. The molecule has 0 N–H and O–H groups in total. The van der Waals surface area contributed by atoms with Crippen molar-refractivity contribution in [2.24, 2.45) is 0 Å². The van der Waals surface area contributed by atoms with E-state index in [1.807, 2.05) is 35.2 Å². The van der Waals surface area contributed by atoms with Crippen LogP contribution in [0.2, 0.25) is 0 Å². The van der Waals surface area contributed by atoms with E-state index >= 15 is 0 Å². The lowest BCUT2D eigenvalue weighted by Crippen LogP contribution is -2.39. The molecule has 5 nitrogen and oxygen atoms in total. The number of ether oxygens (including phenoxy) is 1. The first-order chi connectivity index (χ1) is 12.7. The Morgan fingerprint density at radius 3 is 2.77 bits per heavy atom. The van der Waals surface area contributed by atoms with Crippen LogP contribution in [0.1, 0.15) is 28.4 Å². The Hall–Kier alpha value is -3.08. The number of amides is 1. The van der Waals surface area contributed by atoms with Crippen molar-refractivity contribution in [1.82, 2.24) is 10.1 Å². The van der Waals surface area contributed by atoms with Gasteiger partial charge in [-0.3, -0.25) is 4.79 Å². The maximum absolute atomic E-state index is 13.0. The van der Waals surface area contributed by atoms with E-state index in [0.717, 1.165) is 23.3 Å². The van der Waals surface area contributed by atoms with Gasteiger partial charge in [-0.2, -0.15) is 0 Å². The normalized spacial score (nSPS) is 16.2. The summed E-state index contributed by atoms with van der Waals surface area (Å²) in [7, 11) is 1.66. The van der Waals surface area contributed by atoms with Gasteiger partial charge in [0, 0.05) is 12.6 Å². The first kappa shape index (κ1) is 16.4. The number of aromatic nitrogens is 1. The zero-order valence-electron chi connectivity index (χ0n) is 14.6. The van der Waals surface area contributed by atoms with Crippen LogP contribution >= 0.6 is 0 Å². The Morgan fingerprint density at radius 2 is 2.04 bits per heavy atom. The Kier molecular flexibility index (Phi) is 4.44. The van der Waals surface area contributed by atoms with Gasteiger partial charge in [0.15, 0.2) is 0 Å². The average molecular weight is 348 g/mol. The highest BCUT2D eigenvalue weighted by atomic mass is 16.5. The van der Waals surface area contributed by atoms with Crippen LogP contribution in [0, 0.1) is 0 Å². The van der Waals surface area contributed by atoms with E-state index < -0.39 is 0 Å². The first-order valence-electron chi connectivity index (χ1n) is 8.64. The fourth-order valence-electron chi connectivity index (χ4n) is 3.51. The third kappa shape index (κ3) is 3.20. The van der Waals surface area contributed by atoms with E-state index in [-0.39, 0.29) is 18.4 Å². The molecule has 26 heavy (non-hydrogen) atoms. The second-order valence-corrected chi connectivity index (χ2v) is 6.45. The van der Waals surface area contributed by atoms with Gasteiger partial charge < -0.3 is 14.2 Å². The van der Waals surface area contributed by atoms with Crippen LogP contribution in [0.5, 0.6) is 5.75 Å². The molecule has 1 atom stereocenters. The van der Waals surface area contributed by atoms with Crippen LogP contribution < -0.4 is 4.74 Å². The number of methoxy groups -OCH3 is 1. The molecular formula is C21H20N2O3. The summed E-state index contributed by atoms with van der Waals surface area (Å²) in [5, 5.41) is 3.88. The van der Waals surface area contributed by atoms with Gasteiger partial charge in [-0.05, 0) is 35.2 Å². The Bertz CT molecular complexity index is 891. The van der Waals surface area contributed by atoms with E-state index in [0.29, 0.717) is 12.2 Å². The summed E-state index contributed by atoms with van der Waals surface area (Å²) in [4.78, 5) is 15.0. The van der Waals surface area contributed by atoms with Gasteiger partial charge in [0.25, 0.3) is 0 Å². The largest absolute Gasteiger partial charge is 0.497 e. The predicted molar refractivity (Wildman–Crippen MR) is 96.6 cm³/mol. The number of rotatable bonds is 4. The Labute approximate surface area is 152 Å². The molecule has 2 aromatic carbocycles. The number of hydrogen-bond acceptors (Lipinski definition) is 4. The predicted octanol–water partition coefficient (Wildman–Crippen LogP) is 3.55. The van der Waals surface area contributed by atoms with Crippen molar-refractivity contribution in [3.63, 3.8) is 0 Å².